The van der Waals surface area contributed by atoms with Crippen LogP contribution in [0.1, 0.15) is 32.0 Å². The number of hydrogen-bond acceptors (Lipinski definition) is 5. The molecule has 0 fully saturated rings. The molecule has 1 unspecified atom stereocenters. The summed E-state index contributed by atoms with van der Waals surface area (Å²) in [4.78, 5) is 4.60. The second kappa shape index (κ2) is 7.57. The average molecular weight is 282 g/mol. The van der Waals surface area contributed by atoms with Gasteiger partial charge in [-0.15, -0.1) is 0 Å². The van der Waals surface area contributed by atoms with E-state index in [1.165, 1.54) is 0 Å². The SMILES string of the molecule is COCC(CNc1cc(CO)cc(C(C)(C)C)n1)OC. The summed E-state index contributed by atoms with van der Waals surface area (Å²) in [5.41, 5.74) is 1.75. The average Bonchev–Trinajstić information content (AvgIpc) is 2.42. The molecule has 2 N–H and O–H groups in total. The van der Waals surface area contributed by atoms with Gasteiger partial charge in [0, 0.05) is 31.9 Å². The molecule has 20 heavy (non-hydrogen) atoms. The van der Waals surface area contributed by atoms with Gasteiger partial charge in [-0.25, -0.2) is 4.98 Å². The highest BCUT2D eigenvalue weighted by molar-refractivity contribution is 5.41. The fourth-order valence-corrected chi connectivity index (χ4v) is 1.77. The lowest BCUT2D eigenvalue weighted by molar-refractivity contribution is 0.0365. The van der Waals surface area contributed by atoms with Crippen LogP contribution in [0.15, 0.2) is 12.1 Å². The van der Waals surface area contributed by atoms with E-state index in [-0.39, 0.29) is 18.1 Å². The van der Waals surface area contributed by atoms with Gasteiger partial charge in [0.15, 0.2) is 0 Å². The highest BCUT2D eigenvalue weighted by atomic mass is 16.5. The summed E-state index contributed by atoms with van der Waals surface area (Å²) in [5.74, 6) is 0.750. The van der Waals surface area contributed by atoms with Crippen molar-refractivity contribution in [1.29, 1.82) is 0 Å². The van der Waals surface area contributed by atoms with Crippen LogP contribution in [0.4, 0.5) is 5.82 Å². The van der Waals surface area contributed by atoms with Gasteiger partial charge < -0.3 is 19.9 Å². The quantitative estimate of drug-likeness (QED) is 0.800. The minimum atomic E-state index is -0.0607. The van der Waals surface area contributed by atoms with Crippen LogP contribution >= 0.6 is 0 Å². The topological polar surface area (TPSA) is 63.6 Å². The van der Waals surface area contributed by atoms with E-state index in [1.54, 1.807) is 14.2 Å². The lowest BCUT2D eigenvalue weighted by Crippen LogP contribution is -2.27. The molecule has 0 aliphatic carbocycles. The Morgan fingerprint density at radius 3 is 2.50 bits per heavy atom. The van der Waals surface area contributed by atoms with Gasteiger partial charge in [-0.05, 0) is 17.7 Å². The van der Waals surface area contributed by atoms with Crippen molar-refractivity contribution in [2.24, 2.45) is 0 Å². The monoisotopic (exact) mass is 282 g/mol. The Morgan fingerprint density at radius 1 is 1.30 bits per heavy atom. The summed E-state index contributed by atoms with van der Waals surface area (Å²) in [6.07, 6.45) is -0.0299. The highest BCUT2D eigenvalue weighted by Crippen LogP contribution is 2.23. The third-order valence-electron chi connectivity index (χ3n) is 3.03. The number of aliphatic hydroxyl groups excluding tert-OH is 1. The maximum absolute atomic E-state index is 9.36. The maximum atomic E-state index is 9.36. The number of ether oxygens (including phenoxy) is 2. The van der Waals surface area contributed by atoms with Crippen molar-refractivity contribution in [3.8, 4) is 0 Å². The molecule has 1 rings (SSSR count). The first kappa shape index (κ1) is 16.9. The minimum Gasteiger partial charge on any atom is -0.392 e. The van der Waals surface area contributed by atoms with E-state index in [0.29, 0.717) is 13.2 Å². The molecule has 0 amide bonds. The lowest BCUT2D eigenvalue weighted by atomic mass is 9.91. The van der Waals surface area contributed by atoms with Gasteiger partial charge in [-0.1, -0.05) is 20.8 Å². The first-order chi connectivity index (χ1) is 9.40. The third-order valence-corrected chi connectivity index (χ3v) is 3.03. The van der Waals surface area contributed by atoms with E-state index in [4.69, 9.17) is 9.47 Å². The van der Waals surface area contributed by atoms with Crippen LogP contribution in [-0.2, 0) is 21.5 Å². The Labute approximate surface area is 121 Å². The van der Waals surface area contributed by atoms with Gasteiger partial charge in [0.25, 0.3) is 0 Å². The Morgan fingerprint density at radius 2 is 2.00 bits per heavy atom. The Bertz CT molecular complexity index is 416. The zero-order valence-corrected chi connectivity index (χ0v) is 13.1. The molecular formula is C15H26N2O3. The largest absolute Gasteiger partial charge is 0.392 e. The summed E-state index contributed by atoms with van der Waals surface area (Å²) in [5, 5.41) is 12.6. The van der Waals surface area contributed by atoms with Crippen molar-refractivity contribution >= 4 is 5.82 Å². The van der Waals surface area contributed by atoms with E-state index in [2.05, 4.69) is 31.1 Å². The van der Waals surface area contributed by atoms with E-state index in [1.807, 2.05) is 12.1 Å². The van der Waals surface area contributed by atoms with E-state index in [0.717, 1.165) is 17.1 Å². The summed E-state index contributed by atoms with van der Waals surface area (Å²) in [6.45, 7) is 7.44. The Hall–Kier alpha value is -1.17. The predicted molar refractivity (Wildman–Crippen MR) is 80.0 cm³/mol. The Balaban J connectivity index is 2.84. The molecule has 0 bridgehead atoms. The van der Waals surface area contributed by atoms with Crippen LogP contribution in [0.3, 0.4) is 0 Å². The number of rotatable bonds is 7. The molecule has 0 radical (unpaired) electrons. The van der Waals surface area contributed by atoms with Gasteiger partial charge in [-0.3, -0.25) is 0 Å². The summed E-state index contributed by atoms with van der Waals surface area (Å²) >= 11 is 0. The molecule has 0 saturated carbocycles. The van der Waals surface area contributed by atoms with Gasteiger partial charge in [0.2, 0.25) is 0 Å². The first-order valence-electron chi connectivity index (χ1n) is 6.78. The second-order valence-corrected chi connectivity index (χ2v) is 5.85. The second-order valence-electron chi connectivity index (χ2n) is 5.85. The van der Waals surface area contributed by atoms with Crippen LogP contribution in [0.2, 0.25) is 0 Å². The number of methoxy groups -OCH3 is 2. The maximum Gasteiger partial charge on any atom is 0.126 e. The van der Waals surface area contributed by atoms with Crippen LogP contribution in [0.5, 0.6) is 0 Å². The van der Waals surface area contributed by atoms with Crippen LogP contribution in [-0.4, -0.2) is 43.6 Å². The molecule has 114 valence electrons. The fourth-order valence-electron chi connectivity index (χ4n) is 1.77. The Kier molecular flexibility index (Phi) is 6.39. The molecule has 0 spiro atoms. The minimum absolute atomic E-state index is 0.00601. The van der Waals surface area contributed by atoms with Crippen molar-refractivity contribution in [2.75, 3.05) is 32.7 Å². The zero-order chi connectivity index (χ0) is 15.2. The molecule has 5 nitrogen and oxygen atoms in total. The van der Waals surface area contributed by atoms with Gasteiger partial charge in [-0.2, -0.15) is 0 Å². The summed E-state index contributed by atoms with van der Waals surface area (Å²) < 4.78 is 10.4. The molecule has 5 heteroatoms. The van der Waals surface area contributed by atoms with Crippen LogP contribution < -0.4 is 5.32 Å². The number of hydrogen-bond donors (Lipinski definition) is 2. The summed E-state index contributed by atoms with van der Waals surface area (Å²) in [7, 11) is 3.30. The normalized spacial score (nSPS) is 13.3. The van der Waals surface area contributed by atoms with Crippen molar-refractivity contribution in [1.82, 2.24) is 4.98 Å². The van der Waals surface area contributed by atoms with Crippen molar-refractivity contribution in [3.63, 3.8) is 0 Å². The number of nitrogens with zero attached hydrogens (tertiary/aromatic N) is 1. The number of anilines is 1. The van der Waals surface area contributed by atoms with Crippen molar-refractivity contribution in [2.45, 2.75) is 38.9 Å². The standard InChI is InChI=1S/C15H26N2O3/c1-15(2,3)13-6-11(9-18)7-14(17-13)16-8-12(20-5)10-19-4/h6-7,12,18H,8-10H2,1-5H3,(H,16,17). The van der Waals surface area contributed by atoms with Crippen LogP contribution in [0.25, 0.3) is 0 Å². The molecule has 1 atom stereocenters. The first-order valence-corrected chi connectivity index (χ1v) is 6.78. The molecular weight excluding hydrogens is 256 g/mol. The van der Waals surface area contributed by atoms with E-state index < -0.39 is 0 Å². The van der Waals surface area contributed by atoms with Gasteiger partial charge in [0.05, 0.1) is 19.3 Å². The molecule has 1 aromatic heterocycles. The molecule has 0 saturated heterocycles. The van der Waals surface area contributed by atoms with Gasteiger partial charge in [0.1, 0.15) is 5.82 Å². The lowest BCUT2D eigenvalue weighted by Gasteiger charge is -2.21. The zero-order valence-electron chi connectivity index (χ0n) is 13.1. The van der Waals surface area contributed by atoms with Crippen molar-refractivity contribution < 1.29 is 14.6 Å². The molecule has 1 aromatic rings. The number of pyridine rings is 1. The third kappa shape index (κ3) is 5.07. The van der Waals surface area contributed by atoms with E-state index in [9.17, 15) is 5.11 Å². The van der Waals surface area contributed by atoms with Crippen LogP contribution in [0, 0.1) is 0 Å². The molecule has 1 heterocycles. The number of aliphatic hydroxyl groups is 1. The predicted octanol–water partition coefficient (Wildman–Crippen LogP) is 1.94. The molecule has 0 aliphatic rings. The van der Waals surface area contributed by atoms with Gasteiger partial charge >= 0.3 is 0 Å². The number of nitrogens with one attached hydrogen (secondary N) is 1. The fraction of sp³-hybridized carbons (Fsp3) is 0.667. The summed E-state index contributed by atoms with van der Waals surface area (Å²) in [6, 6.07) is 3.79. The molecule has 0 aromatic carbocycles. The van der Waals surface area contributed by atoms with Crippen molar-refractivity contribution in [3.05, 3.63) is 23.4 Å². The molecule has 0 aliphatic heterocycles. The number of aromatic nitrogens is 1. The van der Waals surface area contributed by atoms with E-state index >= 15 is 0 Å². The highest BCUT2D eigenvalue weighted by Gasteiger charge is 2.17. The smallest absolute Gasteiger partial charge is 0.126 e.